The molecule has 2 rings (SSSR count). The normalized spacial score (nSPS) is 32.6. The summed E-state index contributed by atoms with van der Waals surface area (Å²) in [6.07, 6.45) is 8.27. The predicted molar refractivity (Wildman–Crippen MR) is 61.7 cm³/mol. The van der Waals surface area contributed by atoms with E-state index in [1.54, 1.807) is 0 Å². The monoisotopic (exact) mass is 223 g/mol. The first-order valence-corrected chi connectivity index (χ1v) is 6.53. The minimum Gasteiger partial charge on any atom is -0.296 e. The van der Waals surface area contributed by atoms with Crippen molar-refractivity contribution in [1.29, 1.82) is 0 Å². The Morgan fingerprint density at radius 1 is 1.25 bits per heavy atom. The molecule has 2 fully saturated rings. The van der Waals surface area contributed by atoms with Crippen molar-refractivity contribution < 1.29 is 9.59 Å². The Labute approximate surface area is 97.0 Å². The Bertz CT molecular complexity index is 294. The summed E-state index contributed by atoms with van der Waals surface area (Å²) in [5, 5.41) is 2.54. The van der Waals surface area contributed by atoms with Crippen molar-refractivity contribution in [2.75, 3.05) is 0 Å². The minimum atomic E-state index is -0.242. The summed E-state index contributed by atoms with van der Waals surface area (Å²) >= 11 is 0. The first-order valence-electron chi connectivity index (χ1n) is 6.53. The SMILES string of the molecule is CCC1(C2CCCCC2)CCC(=O)NC1=O. The van der Waals surface area contributed by atoms with Gasteiger partial charge in [0.2, 0.25) is 11.8 Å². The van der Waals surface area contributed by atoms with Gasteiger partial charge in [-0.25, -0.2) is 0 Å². The summed E-state index contributed by atoms with van der Waals surface area (Å²) in [6, 6.07) is 0. The van der Waals surface area contributed by atoms with Crippen LogP contribution in [0.4, 0.5) is 0 Å². The van der Waals surface area contributed by atoms with Crippen molar-refractivity contribution in [3.05, 3.63) is 0 Å². The number of rotatable bonds is 2. The fraction of sp³-hybridized carbons (Fsp3) is 0.846. The van der Waals surface area contributed by atoms with E-state index in [2.05, 4.69) is 12.2 Å². The molecule has 1 atom stereocenters. The molecule has 0 bridgehead atoms. The molecule has 0 aromatic rings. The highest BCUT2D eigenvalue weighted by Crippen LogP contribution is 2.45. The summed E-state index contributed by atoms with van der Waals surface area (Å²) in [6.45, 7) is 2.09. The zero-order valence-corrected chi connectivity index (χ0v) is 10.1. The summed E-state index contributed by atoms with van der Waals surface area (Å²) < 4.78 is 0. The number of carbonyl (C=O) groups is 2. The molecule has 1 heterocycles. The zero-order chi connectivity index (χ0) is 11.6. The molecule has 1 unspecified atom stereocenters. The Kier molecular flexibility index (Phi) is 3.31. The third-order valence-corrected chi connectivity index (χ3v) is 4.52. The highest BCUT2D eigenvalue weighted by Gasteiger charge is 2.46. The lowest BCUT2D eigenvalue weighted by Gasteiger charge is -2.42. The third-order valence-electron chi connectivity index (χ3n) is 4.52. The smallest absolute Gasteiger partial charge is 0.233 e. The maximum atomic E-state index is 12.1. The molecule has 90 valence electrons. The van der Waals surface area contributed by atoms with Gasteiger partial charge in [0.1, 0.15) is 0 Å². The highest BCUT2D eigenvalue weighted by molar-refractivity contribution is 6.00. The van der Waals surface area contributed by atoms with Gasteiger partial charge in [0.15, 0.2) is 0 Å². The topological polar surface area (TPSA) is 46.2 Å². The van der Waals surface area contributed by atoms with Crippen LogP contribution in [0.1, 0.15) is 58.3 Å². The van der Waals surface area contributed by atoms with Gasteiger partial charge in [-0.2, -0.15) is 0 Å². The van der Waals surface area contributed by atoms with Gasteiger partial charge in [-0.3, -0.25) is 14.9 Å². The van der Waals surface area contributed by atoms with Gasteiger partial charge in [0.25, 0.3) is 0 Å². The summed E-state index contributed by atoms with van der Waals surface area (Å²) in [5.74, 6) is 0.405. The van der Waals surface area contributed by atoms with E-state index in [0.717, 1.165) is 25.7 Å². The molecule has 0 aromatic carbocycles. The van der Waals surface area contributed by atoms with E-state index < -0.39 is 0 Å². The fourth-order valence-electron chi connectivity index (χ4n) is 3.43. The quantitative estimate of drug-likeness (QED) is 0.731. The van der Waals surface area contributed by atoms with Crippen LogP contribution in [0.25, 0.3) is 0 Å². The predicted octanol–water partition coefficient (Wildman–Crippen LogP) is 2.40. The van der Waals surface area contributed by atoms with E-state index in [1.165, 1.54) is 19.3 Å². The lowest BCUT2D eigenvalue weighted by atomic mass is 9.63. The first kappa shape index (κ1) is 11.6. The lowest BCUT2D eigenvalue weighted by molar-refractivity contribution is -0.146. The molecule has 1 saturated heterocycles. The first-order chi connectivity index (χ1) is 7.69. The van der Waals surface area contributed by atoms with Gasteiger partial charge >= 0.3 is 0 Å². The van der Waals surface area contributed by atoms with Gasteiger partial charge < -0.3 is 0 Å². The Morgan fingerprint density at radius 3 is 2.50 bits per heavy atom. The number of hydrogen-bond donors (Lipinski definition) is 1. The molecular formula is C13H21NO2. The number of nitrogens with one attached hydrogen (secondary N) is 1. The molecule has 3 heteroatoms. The van der Waals surface area contributed by atoms with Gasteiger partial charge in [0.05, 0.1) is 5.41 Å². The molecule has 0 aromatic heterocycles. The van der Waals surface area contributed by atoms with Gasteiger partial charge in [-0.1, -0.05) is 26.2 Å². The van der Waals surface area contributed by atoms with E-state index in [4.69, 9.17) is 0 Å². The third kappa shape index (κ3) is 1.87. The van der Waals surface area contributed by atoms with E-state index in [9.17, 15) is 9.59 Å². The average molecular weight is 223 g/mol. The van der Waals surface area contributed by atoms with E-state index in [1.807, 2.05) is 0 Å². The molecule has 1 N–H and O–H groups in total. The number of imide groups is 1. The largest absolute Gasteiger partial charge is 0.296 e. The van der Waals surface area contributed by atoms with Crippen LogP contribution in [-0.2, 0) is 9.59 Å². The van der Waals surface area contributed by atoms with Gasteiger partial charge in [-0.05, 0) is 31.6 Å². The summed E-state index contributed by atoms with van der Waals surface area (Å²) in [7, 11) is 0. The molecule has 16 heavy (non-hydrogen) atoms. The second-order valence-electron chi connectivity index (χ2n) is 5.22. The maximum absolute atomic E-state index is 12.1. The zero-order valence-electron chi connectivity index (χ0n) is 10.1. The standard InChI is InChI=1S/C13H21NO2/c1-2-13(10-6-4-3-5-7-10)9-8-11(15)14-12(13)16/h10H,2-9H2,1H3,(H,14,15,16). The highest BCUT2D eigenvalue weighted by atomic mass is 16.2. The van der Waals surface area contributed by atoms with Crippen molar-refractivity contribution in [2.24, 2.45) is 11.3 Å². The molecule has 0 radical (unpaired) electrons. The van der Waals surface area contributed by atoms with Crippen molar-refractivity contribution in [3.8, 4) is 0 Å². The second-order valence-corrected chi connectivity index (χ2v) is 5.22. The van der Waals surface area contributed by atoms with Crippen LogP contribution in [0.5, 0.6) is 0 Å². The Hall–Kier alpha value is -0.860. The van der Waals surface area contributed by atoms with Gasteiger partial charge in [0, 0.05) is 6.42 Å². The lowest BCUT2D eigenvalue weighted by Crippen LogP contribution is -2.52. The maximum Gasteiger partial charge on any atom is 0.233 e. The molecular weight excluding hydrogens is 202 g/mol. The Balaban J connectivity index is 2.16. The Morgan fingerprint density at radius 2 is 1.94 bits per heavy atom. The van der Waals surface area contributed by atoms with Crippen LogP contribution in [0.15, 0.2) is 0 Å². The van der Waals surface area contributed by atoms with Gasteiger partial charge in [-0.15, -0.1) is 0 Å². The van der Waals surface area contributed by atoms with Crippen LogP contribution in [0.3, 0.4) is 0 Å². The van der Waals surface area contributed by atoms with Crippen LogP contribution in [0, 0.1) is 11.3 Å². The van der Waals surface area contributed by atoms with Crippen molar-refractivity contribution in [2.45, 2.75) is 58.3 Å². The van der Waals surface area contributed by atoms with E-state index >= 15 is 0 Å². The molecule has 1 saturated carbocycles. The van der Waals surface area contributed by atoms with Crippen LogP contribution >= 0.6 is 0 Å². The molecule has 2 aliphatic rings. The summed E-state index contributed by atoms with van der Waals surface area (Å²) in [5.41, 5.74) is -0.242. The van der Waals surface area contributed by atoms with E-state index in [-0.39, 0.29) is 17.2 Å². The molecule has 1 aliphatic carbocycles. The number of hydrogen-bond acceptors (Lipinski definition) is 2. The van der Waals surface area contributed by atoms with Crippen molar-refractivity contribution >= 4 is 11.8 Å². The summed E-state index contributed by atoms with van der Waals surface area (Å²) in [4.78, 5) is 23.4. The molecule has 2 amide bonds. The van der Waals surface area contributed by atoms with Crippen LogP contribution in [-0.4, -0.2) is 11.8 Å². The molecule has 0 spiro atoms. The van der Waals surface area contributed by atoms with Crippen molar-refractivity contribution in [3.63, 3.8) is 0 Å². The number of amides is 2. The minimum absolute atomic E-state index is 0.00171. The van der Waals surface area contributed by atoms with Crippen LogP contribution in [0.2, 0.25) is 0 Å². The average Bonchev–Trinajstić information content (AvgIpc) is 2.31. The van der Waals surface area contributed by atoms with Crippen LogP contribution < -0.4 is 5.32 Å². The number of carbonyl (C=O) groups excluding carboxylic acids is 2. The molecule has 1 aliphatic heterocycles. The fourth-order valence-corrected chi connectivity index (χ4v) is 3.43. The van der Waals surface area contributed by atoms with Crippen molar-refractivity contribution in [1.82, 2.24) is 5.32 Å². The number of piperidine rings is 1. The van der Waals surface area contributed by atoms with E-state index in [0.29, 0.717) is 12.3 Å². The molecule has 3 nitrogen and oxygen atoms in total. The second kappa shape index (κ2) is 4.56.